The number of carbonyl (C=O) groups excluding carboxylic acids is 2. The molecule has 0 unspecified atom stereocenters. The molecule has 208 valence electrons. The van der Waals surface area contributed by atoms with E-state index in [1.165, 1.54) is 32.1 Å². The molecule has 0 spiro atoms. The number of rotatable bonds is 6. The summed E-state index contributed by atoms with van der Waals surface area (Å²) in [7, 11) is 1.83. The Kier molecular flexibility index (Phi) is 8.08. The molecule has 2 amide bonds. The Balaban J connectivity index is 1.82. The van der Waals surface area contributed by atoms with E-state index in [1.54, 1.807) is 4.90 Å². The fraction of sp³-hybridized carbons (Fsp3) is 0.645. The summed E-state index contributed by atoms with van der Waals surface area (Å²) in [5.74, 6) is 0.421. The van der Waals surface area contributed by atoms with Crippen molar-refractivity contribution in [3.8, 4) is 11.3 Å². The molecule has 7 nitrogen and oxygen atoms in total. The van der Waals surface area contributed by atoms with Crippen LogP contribution in [0.3, 0.4) is 0 Å². The molecule has 0 bridgehead atoms. The van der Waals surface area contributed by atoms with E-state index in [0.29, 0.717) is 30.4 Å². The first-order valence-corrected chi connectivity index (χ1v) is 14.2. The summed E-state index contributed by atoms with van der Waals surface area (Å²) in [6.07, 6.45) is 6.24. The average molecular weight is 523 g/mol. The van der Waals surface area contributed by atoms with Crippen LogP contribution in [-0.2, 0) is 16.7 Å². The van der Waals surface area contributed by atoms with Crippen molar-refractivity contribution in [1.29, 1.82) is 0 Å². The Bertz CT molecular complexity index is 1170. The Morgan fingerprint density at radius 3 is 2.26 bits per heavy atom. The number of nitrogens with one attached hydrogen (secondary N) is 1. The van der Waals surface area contributed by atoms with Crippen LogP contribution in [0.15, 0.2) is 18.2 Å². The molecular formula is C31H46N4O3. The van der Waals surface area contributed by atoms with Crippen molar-refractivity contribution in [2.24, 2.45) is 5.92 Å². The zero-order chi connectivity index (χ0) is 27.8. The normalized spacial score (nSPS) is 17.3. The third kappa shape index (κ3) is 6.14. The summed E-state index contributed by atoms with van der Waals surface area (Å²) < 4.78 is 7.57. The Hall–Kier alpha value is -2.67. The minimum atomic E-state index is -0.328. The van der Waals surface area contributed by atoms with Gasteiger partial charge in [-0.25, -0.2) is 4.98 Å². The Morgan fingerprint density at radius 2 is 1.71 bits per heavy atom. The third-order valence-electron chi connectivity index (χ3n) is 8.17. The van der Waals surface area contributed by atoms with Crippen LogP contribution in [0.1, 0.15) is 106 Å². The first kappa shape index (κ1) is 28.3. The van der Waals surface area contributed by atoms with Gasteiger partial charge in [-0.05, 0) is 64.7 Å². The molecule has 2 aromatic rings. The van der Waals surface area contributed by atoms with Gasteiger partial charge in [0.25, 0.3) is 11.8 Å². The molecule has 2 aromatic heterocycles. The summed E-state index contributed by atoms with van der Waals surface area (Å²) in [6, 6.07) is 6.09. The fourth-order valence-electron chi connectivity index (χ4n) is 5.21. The number of pyridine rings is 1. The van der Waals surface area contributed by atoms with Crippen LogP contribution < -0.4 is 5.32 Å². The molecule has 38 heavy (non-hydrogen) atoms. The van der Waals surface area contributed by atoms with Gasteiger partial charge in [0, 0.05) is 47.2 Å². The highest BCUT2D eigenvalue weighted by molar-refractivity contribution is 5.98. The first-order valence-electron chi connectivity index (χ1n) is 14.2. The second kappa shape index (κ2) is 10.8. The maximum atomic E-state index is 13.6. The predicted molar refractivity (Wildman–Crippen MR) is 152 cm³/mol. The van der Waals surface area contributed by atoms with Gasteiger partial charge in [0.2, 0.25) is 0 Å². The number of carbonyl (C=O) groups is 2. The van der Waals surface area contributed by atoms with Crippen molar-refractivity contribution < 1.29 is 14.3 Å². The number of amides is 2. The highest BCUT2D eigenvalue weighted by Gasteiger charge is 2.29. The van der Waals surface area contributed by atoms with Crippen molar-refractivity contribution in [3.05, 3.63) is 40.8 Å². The third-order valence-corrected chi connectivity index (χ3v) is 8.17. The van der Waals surface area contributed by atoms with Crippen LogP contribution in [-0.4, -0.2) is 58.1 Å². The maximum Gasteiger partial charge on any atom is 0.272 e. The van der Waals surface area contributed by atoms with Gasteiger partial charge < -0.3 is 19.5 Å². The van der Waals surface area contributed by atoms with Crippen LogP contribution >= 0.6 is 0 Å². The van der Waals surface area contributed by atoms with Gasteiger partial charge >= 0.3 is 0 Å². The standard InChI is InChI=1S/C31H46N4O3/c1-20-24(28(36)32-23-18-38-19-23)16-26(35(20)17-21-12-10-9-11-13-21)22-14-25(29(37)34(8)31(5,6)7)33-27(15-22)30(2,3)4/h14-16,21,23H,9-13,17-19H2,1-8H3,(H,32,36). The number of nitrogens with zero attached hydrogens (tertiary/aromatic N) is 3. The highest BCUT2D eigenvalue weighted by Crippen LogP contribution is 2.34. The zero-order valence-electron chi connectivity index (χ0n) is 24.6. The van der Waals surface area contributed by atoms with Crippen LogP contribution in [0.5, 0.6) is 0 Å². The largest absolute Gasteiger partial charge is 0.377 e. The molecule has 0 atom stereocenters. The number of ether oxygens (including phenoxy) is 1. The van der Waals surface area contributed by atoms with Crippen LogP contribution in [0.25, 0.3) is 11.3 Å². The molecule has 4 rings (SSSR count). The molecule has 1 saturated carbocycles. The minimum absolute atomic E-state index is 0.0617. The fourth-order valence-corrected chi connectivity index (χ4v) is 5.21. The van der Waals surface area contributed by atoms with E-state index >= 15 is 0 Å². The van der Waals surface area contributed by atoms with Crippen molar-refractivity contribution in [2.75, 3.05) is 20.3 Å². The van der Waals surface area contributed by atoms with Crippen LogP contribution in [0.2, 0.25) is 0 Å². The molecule has 1 aliphatic carbocycles. The van der Waals surface area contributed by atoms with Gasteiger partial charge in [-0.3, -0.25) is 9.59 Å². The van der Waals surface area contributed by atoms with Gasteiger partial charge in [-0.15, -0.1) is 0 Å². The monoisotopic (exact) mass is 522 g/mol. The number of hydrogen-bond acceptors (Lipinski definition) is 4. The Morgan fingerprint density at radius 1 is 1.05 bits per heavy atom. The van der Waals surface area contributed by atoms with Gasteiger partial charge in [0.05, 0.1) is 24.8 Å². The average Bonchev–Trinajstić information content (AvgIpc) is 3.15. The molecule has 1 aliphatic heterocycles. The summed E-state index contributed by atoms with van der Waals surface area (Å²) in [5, 5.41) is 3.12. The second-order valence-corrected chi connectivity index (χ2v) is 13.3. The molecule has 2 aliphatic rings. The van der Waals surface area contributed by atoms with E-state index in [-0.39, 0.29) is 28.8 Å². The number of aromatic nitrogens is 2. The van der Waals surface area contributed by atoms with E-state index < -0.39 is 0 Å². The van der Waals surface area contributed by atoms with E-state index in [0.717, 1.165) is 29.2 Å². The highest BCUT2D eigenvalue weighted by atomic mass is 16.5. The lowest BCUT2D eigenvalue weighted by Crippen LogP contribution is -2.48. The second-order valence-electron chi connectivity index (χ2n) is 13.3. The van der Waals surface area contributed by atoms with Crippen molar-refractivity contribution in [1.82, 2.24) is 19.8 Å². The maximum absolute atomic E-state index is 13.6. The minimum Gasteiger partial charge on any atom is -0.377 e. The van der Waals surface area contributed by atoms with E-state index in [4.69, 9.17) is 9.72 Å². The topological polar surface area (TPSA) is 76.5 Å². The summed E-state index contributed by atoms with van der Waals surface area (Å²) >= 11 is 0. The van der Waals surface area contributed by atoms with Crippen molar-refractivity contribution in [2.45, 2.75) is 104 Å². The predicted octanol–water partition coefficient (Wildman–Crippen LogP) is 5.74. The van der Waals surface area contributed by atoms with Gasteiger partial charge in [0.15, 0.2) is 0 Å². The van der Waals surface area contributed by atoms with Crippen LogP contribution in [0, 0.1) is 12.8 Å². The van der Waals surface area contributed by atoms with Crippen molar-refractivity contribution in [3.63, 3.8) is 0 Å². The summed E-state index contributed by atoms with van der Waals surface area (Å²) in [5.41, 5.74) is 4.29. The van der Waals surface area contributed by atoms with E-state index in [2.05, 4.69) is 36.7 Å². The summed E-state index contributed by atoms with van der Waals surface area (Å²) in [6.45, 7) is 16.5. The molecule has 1 saturated heterocycles. The van der Waals surface area contributed by atoms with E-state index in [9.17, 15) is 9.59 Å². The smallest absolute Gasteiger partial charge is 0.272 e. The molecule has 3 heterocycles. The van der Waals surface area contributed by atoms with Gasteiger partial charge in [-0.2, -0.15) is 0 Å². The zero-order valence-corrected chi connectivity index (χ0v) is 24.6. The molecule has 7 heteroatoms. The van der Waals surface area contributed by atoms with Crippen LogP contribution in [0.4, 0.5) is 0 Å². The lowest BCUT2D eigenvalue weighted by molar-refractivity contribution is -0.00347. The van der Waals surface area contributed by atoms with Gasteiger partial charge in [0.1, 0.15) is 5.69 Å². The summed E-state index contributed by atoms with van der Waals surface area (Å²) in [4.78, 5) is 33.5. The first-order chi connectivity index (χ1) is 17.8. The SMILES string of the molecule is Cc1c(C(=O)NC2COC2)cc(-c2cc(C(=O)N(C)C(C)(C)C)nc(C(C)(C)C)c2)n1CC1CCCCC1. The molecule has 1 N–H and O–H groups in total. The molecule has 2 fully saturated rings. The lowest BCUT2D eigenvalue weighted by Gasteiger charge is -2.32. The lowest BCUT2D eigenvalue weighted by atomic mass is 9.88. The Labute approximate surface area is 228 Å². The molecular weight excluding hydrogens is 476 g/mol. The van der Waals surface area contributed by atoms with E-state index in [1.807, 2.05) is 46.9 Å². The van der Waals surface area contributed by atoms with Crippen molar-refractivity contribution >= 4 is 11.8 Å². The van der Waals surface area contributed by atoms with Gasteiger partial charge in [-0.1, -0.05) is 40.0 Å². The molecule has 0 radical (unpaired) electrons. The molecule has 0 aromatic carbocycles. The number of hydrogen-bond donors (Lipinski definition) is 1. The quantitative estimate of drug-likeness (QED) is 0.525.